The highest BCUT2D eigenvalue weighted by Crippen LogP contribution is 2.21. The summed E-state index contributed by atoms with van der Waals surface area (Å²) in [5, 5.41) is 19.9. The first kappa shape index (κ1) is 15.8. The van der Waals surface area contributed by atoms with Crippen molar-refractivity contribution in [3.8, 4) is 0 Å². The number of nitro groups is 1. The molecule has 1 aromatic heterocycles. The topological polar surface area (TPSA) is 123 Å². The van der Waals surface area contributed by atoms with Crippen LogP contribution in [-0.4, -0.2) is 45.5 Å². The molecule has 1 aromatic rings. The summed E-state index contributed by atoms with van der Waals surface area (Å²) in [6.07, 6.45) is 2.59. The molecule has 0 aliphatic heterocycles. The van der Waals surface area contributed by atoms with Gasteiger partial charge in [0.15, 0.2) is 0 Å². The molecule has 0 bridgehead atoms. The van der Waals surface area contributed by atoms with E-state index in [0.717, 1.165) is 19.0 Å². The fourth-order valence-electron chi connectivity index (χ4n) is 1.74. The van der Waals surface area contributed by atoms with Crippen LogP contribution in [-0.2, 0) is 0 Å². The lowest BCUT2D eigenvalue weighted by atomic mass is 10.2. The minimum Gasteiger partial charge on any atom is -0.395 e. The quantitative estimate of drug-likeness (QED) is 0.563. The number of aliphatic hydroxyl groups excluding tert-OH is 1. The van der Waals surface area contributed by atoms with E-state index >= 15 is 0 Å². The van der Waals surface area contributed by atoms with Crippen molar-refractivity contribution in [3.63, 3.8) is 0 Å². The molecule has 0 fully saturated rings. The summed E-state index contributed by atoms with van der Waals surface area (Å²) in [5.74, 6) is -0.480. The number of rotatable bonds is 7. The Morgan fingerprint density at radius 1 is 1.55 bits per heavy atom. The standard InChI is InChI=1S/C12H18N4O4/c1-2-3-4-15(5-6-17)12(18)9-7-11(13)14-8-10(9)16(19)20/h7-8,17H,2-6H2,1H3,(H2,13,14). The smallest absolute Gasteiger partial charge is 0.300 e. The number of nitrogen functional groups attached to an aromatic ring is 1. The fraction of sp³-hybridized carbons (Fsp3) is 0.500. The van der Waals surface area contributed by atoms with Gasteiger partial charge in [-0.3, -0.25) is 14.9 Å². The molecule has 0 atom stereocenters. The second kappa shape index (κ2) is 7.39. The van der Waals surface area contributed by atoms with Gasteiger partial charge in [0.25, 0.3) is 11.6 Å². The number of hydrogen-bond acceptors (Lipinski definition) is 6. The molecule has 8 nitrogen and oxygen atoms in total. The summed E-state index contributed by atoms with van der Waals surface area (Å²) in [6, 6.07) is 1.19. The highest BCUT2D eigenvalue weighted by atomic mass is 16.6. The van der Waals surface area contributed by atoms with E-state index in [1.165, 1.54) is 11.0 Å². The number of nitrogens with two attached hydrogens (primary N) is 1. The maximum Gasteiger partial charge on any atom is 0.300 e. The van der Waals surface area contributed by atoms with Crippen molar-refractivity contribution in [3.05, 3.63) is 27.9 Å². The molecule has 0 aliphatic rings. The number of nitrogens with zero attached hydrogens (tertiary/aromatic N) is 3. The second-order valence-corrected chi connectivity index (χ2v) is 4.25. The highest BCUT2D eigenvalue weighted by Gasteiger charge is 2.25. The minimum absolute atomic E-state index is 0.0402. The van der Waals surface area contributed by atoms with Crippen LogP contribution in [0.4, 0.5) is 11.5 Å². The van der Waals surface area contributed by atoms with E-state index in [2.05, 4.69) is 4.98 Å². The number of pyridine rings is 1. The number of unbranched alkanes of at least 4 members (excludes halogenated alkanes) is 1. The Kier molecular flexibility index (Phi) is 5.85. The third-order valence-corrected chi connectivity index (χ3v) is 2.77. The molecule has 110 valence electrons. The van der Waals surface area contributed by atoms with Crippen molar-refractivity contribution in [1.29, 1.82) is 0 Å². The van der Waals surface area contributed by atoms with Crippen LogP contribution in [0, 0.1) is 10.1 Å². The number of anilines is 1. The van der Waals surface area contributed by atoms with Crippen molar-refractivity contribution in [2.45, 2.75) is 19.8 Å². The van der Waals surface area contributed by atoms with E-state index in [1.807, 2.05) is 6.92 Å². The fourth-order valence-corrected chi connectivity index (χ4v) is 1.74. The molecule has 3 N–H and O–H groups in total. The van der Waals surface area contributed by atoms with Gasteiger partial charge in [-0.05, 0) is 12.5 Å². The van der Waals surface area contributed by atoms with Crippen LogP contribution in [0.3, 0.4) is 0 Å². The lowest BCUT2D eigenvalue weighted by molar-refractivity contribution is -0.385. The molecule has 1 rings (SSSR count). The lowest BCUT2D eigenvalue weighted by Crippen LogP contribution is -2.35. The van der Waals surface area contributed by atoms with Crippen LogP contribution in [0.25, 0.3) is 0 Å². The van der Waals surface area contributed by atoms with Crippen molar-refractivity contribution in [2.75, 3.05) is 25.4 Å². The van der Waals surface area contributed by atoms with Gasteiger partial charge in [-0.15, -0.1) is 0 Å². The molecule has 0 unspecified atom stereocenters. The van der Waals surface area contributed by atoms with Gasteiger partial charge in [0.2, 0.25) is 0 Å². The summed E-state index contributed by atoms with van der Waals surface area (Å²) in [6.45, 7) is 2.31. The predicted molar refractivity (Wildman–Crippen MR) is 73.2 cm³/mol. The molecule has 0 aliphatic carbocycles. The second-order valence-electron chi connectivity index (χ2n) is 4.25. The summed E-state index contributed by atoms with van der Waals surface area (Å²) < 4.78 is 0. The van der Waals surface area contributed by atoms with Gasteiger partial charge in [-0.25, -0.2) is 4.98 Å². The number of carbonyl (C=O) groups is 1. The van der Waals surface area contributed by atoms with Gasteiger partial charge in [-0.1, -0.05) is 13.3 Å². The van der Waals surface area contributed by atoms with Crippen LogP contribution in [0.15, 0.2) is 12.3 Å². The first-order valence-corrected chi connectivity index (χ1v) is 6.31. The Morgan fingerprint density at radius 2 is 2.25 bits per heavy atom. The first-order chi connectivity index (χ1) is 9.51. The number of carbonyl (C=O) groups excluding carboxylic acids is 1. The first-order valence-electron chi connectivity index (χ1n) is 6.31. The van der Waals surface area contributed by atoms with E-state index in [9.17, 15) is 14.9 Å². The average molecular weight is 282 g/mol. The van der Waals surface area contributed by atoms with Crippen LogP contribution in [0.1, 0.15) is 30.1 Å². The van der Waals surface area contributed by atoms with Crippen molar-refractivity contribution in [1.82, 2.24) is 9.88 Å². The third-order valence-electron chi connectivity index (χ3n) is 2.77. The maximum atomic E-state index is 12.3. The van der Waals surface area contributed by atoms with E-state index in [4.69, 9.17) is 10.8 Å². The maximum absolute atomic E-state index is 12.3. The summed E-state index contributed by atoms with van der Waals surface area (Å²) >= 11 is 0. The molecule has 0 saturated heterocycles. The largest absolute Gasteiger partial charge is 0.395 e. The Bertz CT molecular complexity index is 492. The molecule has 0 aromatic carbocycles. The summed E-state index contributed by atoms with van der Waals surface area (Å²) in [7, 11) is 0. The van der Waals surface area contributed by atoms with Crippen molar-refractivity contribution < 1.29 is 14.8 Å². The Morgan fingerprint density at radius 3 is 2.80 bits per heavy atom. The molecule has 20 heavy (non-hydrogen) atoms. The van der Waals surface area contributed by atoms with Crippen LogP contribution >= 0.6 is 0 Å². The molecule has 8 heteroatoms. The van der Waals surface area contributed by atoms with E-state index in [-0.39, 0.29) is 30.2 Å². The third kappa shape index (κ3) is 3.89. The molecule has 1 amide bonds. The summed E-state index contributed by atoms with van der Waals surface area (Å²) in [5.41, 5.74) is 5.00. The molecular weight excluding hydrogens is 264 g/mol. The lowest BCUT2D eigenvalue weighted by Gasteiger charge is -2.21. The number of aliphatic hydroxyl groups is 1. The Labute approximate surface area is 116 Å². The average Bonchev–Trinajstić information content (AvgIpc) is 2.42. The van der Waals surface area contributed by atoms with E-state index in [1.54, 1.807) is 0 Å². The highest BCUT2D eigenvalue weighted by molar-refractivity contribution is 5.98. The molecular formula is C12H18N4O4. The minimum atomic E-state index is -0.670. The van der Waals surface area contributed by atoms with E-state index < -0.39 is 10.8 Å². The molecule has 0 spiro atoms. The van der Waals surface area contributed by atoms with Crippen LogP contribution in [0.2, 0.25) is 0 Å². The van der Waals surface area contributed by atoms with Crippen molar-refractivity contribution in [2.24, 2.45) is 0 Å². The monoisotopic (exact) mass is 282 g/mol. The predicted octanol–water partition coefficient (Wildman–Crippen LogP) is 0.807. The van der Waals surface area contributed by atoms with Crippen LogP contribution < -0.4 is 5.73 Å². The van der Waals surface area contributed by atoms with Crippen LogP contribution in [0.5, 0.6) is 0 Å². The normalized spacial score (nSPS) is 10.3. The Hall–Kier alpha value is -2.22. The van der Waals surface area contributed by atoms with Gasteiger partial charge in [-0.2, -0.15) is 0 Å². The number of amides is 1. The van der Waals surface area contributed by atoms with Gasteiger partial charge in [0.05, 0.1) is 11.5 Å². The molecule has 1 heterocycles. The summed E-state index contributed by atoms with van der Waals surface area (Å²) in [4.78, 5) is 27.6. The van der Waals surface area contributed by atoms with Gasteiger partial charge >= 0.3 is 0 Å². The zero-order chi connectivity index (χ0) is 15.1. The van der Waals surface area contributed by atoms with Crippen molar-refractivity contribution >= 4 is 17.4 Å². The SMILES string of the molecule is CCCCN(CCO)C(=O)c1cc(N)ncc1[N+](=O)[O-]. The molecule has 0 saturated carbocycles. The number of aromatic nitrogens is 1. The van der Waals surface area contributed by atoms with Gasteiger partial charge in [0, 0.05) is 13.1 Å². The van der Waals surface area contributed by atoms with Gasteiger partial charge in [0.1, 0.15) is 17.6 Å². The zero-order valence-electron chi connectivity index (χ0n) is 11.3. The Balaban J connectivity index is 3.09. The number of hydrogen-bond donors (Lipinski definition) is 2. The zero-order valence-corrected chi connectivity index (χ0v) is 11.3. The van der Waals surface area contributed by atoms with Gasteiger partial charge < -0.3 is 15.7 Å². The van der Waals surface area contributed by atoms with E-state index in [0.29, 0.717) is 6.54 Å². The molecule has 0 radical (unpaired) electrons.